The second kappa shape index (κ2) is 4.65. The third-order valence-electron chi connectivity index (χ3n) is 4.34. The average molecular weight is 309 g/mol. The van der Waals surface area contributed by atoms with Crippen molar-refractivity contribution in [3.63, 3.8) is 0 Å². The molecule has 1 aromatic heterocycles. The van der Waals surface area contributed by atoms with Crippen molar-refractivity contribution in [2.45, 2.75) is 44.1 Å². The highest BCUT2D eigenvalue weighted by atomic mass is 79.9. The van der Waals surface area contributed by atoms with E-state index in [0.29, 0.717) is 5.69 Å². The second-order valence-corrected chi connectivity index (χ2v) is 6.18. The number of carbonyl (C=O) groups is 1. The fourth-order valence-corrected chi connectivity index (χ4v) is 3.90. The fraction of sp³-hybridized carbons (Fsp3) is 0.571. The molecule has 18 heavy (non-hydrogen) atoms. The van der Waals surface area contributed by atoms with Gasteiger partial charge in [-0.2, -0.15) is 0 Å². The largest absolute Gasteiger partial charge is 0.332 e. The third-order valence-corrected chi connectivity index (χ3v) is 4.98. The fourth-order valence-electron chi connectivity index (χ4n) is 3.48. The molecule has 3 rings (SSSR count). The van der Waals surface area contributed by atoms with Crippen molar-refractivity contribution in [2.75, 3.05) is 6.54 Å². The number of carbonyl (C=O) groups excluding carboxylic acids is 1. The Morgan fingerprint density at radius 1 is 1.28 bits per heavy atom. The molecule has 2 fully saturated rings. The highest BCUT2D eigenvalue weighted by Crippen LogP contribution is 2.43. The average Bonchev–Trinajstić information content (AvgIpc) is 3.00. The van der Waals surface area contributed by atoms with E-state index in [1.165, 1.54) is 32.1 Å². The van der Waals surface area contributed by atoms with Crippen LogP contribution < -0.4 is 0 Å². The maximum Gasteiger partial charge on any atom is 0.274 e. The van der Waals surface area contributed by atoms with Gasteiger partial charge in [0.15, 0.2) is 0 Å². The Balaban J connectivity index is 1.91. The summed E-state index contributed by atoms with van der Waals surface area (Å²) < 4.78 is 0.801. The minimum atomic E-state index is 0.0990. The zero-order chi connectivity index (χ0) is 12.6. The van der Waals surface area contributed by atoms with Crippen LogP contribution in [0.5, 0.6) is 0 Å². The summed E-state index contributed by atoms with van der Waals surface area (Å²) in [6.45, 7) is 0.891. The maximum absolute atomic E-state index is 12.7. The number of hydrogen-bond acceptors (Lipinski definition) is 2. The van der Waals surface area contributed by atoms with Crippen LogP contribution in [0.25, 0.3) is 0 Å². The van der Waals surface area contributed by atoms with Crippen molar-refractivity contribution in [1.29, 1.82) is 0 Å². The van der Waals surface area contributed by atoms with Crippen LogP contribution in [0.2, 0.25) is 0 Å². The number of aromatic nitrogens is 1. The van der Waals surface area contributed by atoms with Gasteiger partial charge < -0.3 is 4.90 Å². The highest BCUT2D eigenvalue weighted by molar-refractivity contribution is 9.10. The first-order valence-corrected chi connectivity index (χ1v) is 7.45. The molecule has 1 aliphatic heterocycles. The van der Waals surface area contributed by atoms with Crippen molar-refractivity contribution < 1.29 is 4.79 Å². The molecule has 1 saturated carbocycles. The molecule has 1 amide bonds. The molecule has 0 radical (unpaired) electrons. The van der Waals surface area contributed by atoms with Crippen molar-refractivity contribution in [3.05, 3.63) is 28.5 Å². The van der Waals surface area contributed by atoms with Gasteiger partial charge in [0, 0.05) is 22.8 Å². The lowest BCUT2D eigenvalue weighted by molar-refractivity contribution is 0.0596. The molecule has 1 aromatic rings. The first-order valence-electron chi connectivity index (χ1n) is 6.65. The standard InChI is InChI=1S/C14H17BrN2O/c15-11-5-3-9-16-12(11)13(18)17-10-4-8-14(17)6-1-2-7-14/h3,5,9H,1-2,4,6-8,10H2. The summed E-state index contributed by atoms with van der Waals surface area (Å²) >= 11 is 3.43. The Morgan fingerprint density at radius 2 is 2.00 bits per heavy atom. The van der Waals surface area contributed by atoms with Gasteiger partial charge in [-0.15, -0.1) is 0 Å². The molecule has 1 aliphatic carbocycles. The Hall–Kier alpha value is -0.900. The number of rotatable bonds is 1. The Kier molecular flexibility index (Phi) is 3.14. The van der Waals surface area contributed by atoms with Crippen molar-refractivity contribution in [1.82, 2.24) is 9.88 Å². The van der Waals surface area contributed by atoms with Crippen LogP contribution >= 0.6 is 15.9 Å². The number of amides is 1. The van der Waals surface area contributed by atoms with Gasteiger partial charge in [-0.1, -0.05) is 12.8 Å². The highest BCUT2D eigenvalue weighted by Gasteiger charge is 2.45. The first kappa shape index (κ1) is 12.2. The molecule has 0 bridgehead atoms. The van der Waals surface area contributed by atoms with Gasteiger partial charge in [-0.05, 0) is 53.7 Å². The number of likely N-dealkylation sites (tertiary alicyclic amines) is 1. The SMILES string of the molecule is O=C(c1ncccc1Br)N1CCCC12CCCC2. The van der Waals surface area contributed by atoms with Gasteiger partial charge in [0.05, 0.1) is 0 Å². The molecule has 0 atom stereocenters. The minimum Gasteiger partial charge on any atom is -0.332 e. The van der Waals surface area contributed by atoms with E-state index in [1.54, 1.807) is 6.20 Å². The lowest BCUT2D eigenvalue weighted by Gasteiger charge is -2.35. The molecule has 4 heteroatoms. The molecular formula is C14H17BrN2O. The monoisotopic (exact) mass is 308 g/mol. The van der Waals surface area contributed by atoms with Crippen LogP contribution in [-0.2, 0) is 0 Å². The smallest absolute Gasteiger partial charge is 0.274 e. The number of hydrogen-bond donors (Lipinski definition) is 0. The first-order chi connectivity index (χ1) is 8.73. The predicted octanol–water partition coefficient (Wildman–Crippen LogP) is 3.39. The summed E-state index contributed by atoms with van der Waals surface area (Å²) in [7, 11) is 0. The zero-order valence-corrected chi connectivity index (χ0v) is 11.9. The van der Waals surface area contributed by atoms with Gasteiger partial charge in [-0.3, -0.25) is 4.79 Å². The Labute approximate surface area is 116 Å². The van der Waals surface area contributed by atoms with Crippen molar-refractivity contribution in [3.8, 4) is 0 Å². The summed E-state index contributed by atoms with van der Waals surface area (Å²) in [6, 6.07) is 3.73. The molecule has 0 aromatic carbocycles. The molecule has 2 aliphatic rings. The van der Waals surface area contributed by atoms with E-state index in [1.807, 2.05) is 12.1 Å². The number of pyridine rings is 1. The number of nitrogens with zero attached hydrogens (tertiary/aromatic N) is 2. The lowest BCUT2D eigenvalue weighted by Crippen LogP contribution is -2.45. The minimum absolute atomic E-state index is 0.0990. The molecule has 0 unspecified atom stereocenters. The van der Waals surface area contributed by atoms with Crippen LogP contribution in [0.4, 0.5) is 0 Å². The van der Waals surface area contributed by atoms with E-state index >= 15 is 0 Å². The number of halogens is 1. The van der Waals surface area contributed by atoms with Gasteiger partial charge in [0.25, 0.3) is 5.91 Å². The molecule has 3 nitrogen and oxygen atoms in total. The van der Waals surface area contributed by atoms with Gasteiger partial charge in [0.1, 0.15) is 5.69 Å². The van der Waals surface area contributed by atoms with E-state index in [-0.39, 0.29) is 11.4 Å². The van der Waals surface area contributed by atoms with Gasteiger partial charge >= 0.3 is 0 Å². The molecular weight excluding hydrogens is 292 g/mol. The predicted molar refractivity (Wildman–Crippen MR) is 73.4 cm³/mol. The summed E-state index contributed by atoms with van der Waals surface area (Å²) in [5, 5.41) is 0. The van der Waals surface area contributed by atoms with Crippen molar-refractivity contribution >= 4 is 21.8 Å². The molecule has 96 valence electrons. The topological polar surface area (TPSA) is 33.2 Å². The maximum atomic E-state index is 12.7. The van der Waals surface area contributed by atoms with Crippen LogP contribution in [0.1, 0.15) is 49.0 Å². The Morgan fingerprint density at radius 3 is 2.72 bits per heavy atom. The van der Waals surface area contributed by atoms with E-state index in [0.717, 1.165) is 17.4 Å². The summed E-state index contributed by atoms with van der Waals surface area (Å²) in [5.74, 6) is 0.0990. The quantitative estimate of drug-likeness (QED) is 0.796. The van der Waals surface area contributed by atoms with Crippen LogP contribution in [0.3, 0.4) is 0 Å². The van der Waals surface area contributed by atoms with Gasteiger partial charge in [-0.25, -0.2) is 4.98 Å². The molecule has 2 heterocycles. The van der Waals surface area contributed by atoms with E-state index in [4.69, 9.17) is 0 Å². The van der Waals surface area contributed by atoms with E-state index < -0.39 is 0 Å². The molecule has 0 N–H and O–H groups in total. The molecule has 1 spiro atoms. The zero-order valence-electron chi connectivity index (χ0n) is 10.4. The third kappa shape index (κ3) is 1.87. The summed E-state index contributed by atoms with van der Waals surface area (Å²) in [4.78, 5) is 19.0. The summed E-state index contributed by atoms with van der Waals surface area (Å²) in [5.41, 5.74) is 0.708. The molecule has 1 saturated heterocycles. The van der Waals surface area contributed by atoms with Crippen LogP contribution in [0, 0.1) is 0 Å². The van der Waals surface area contributed by atoms with Crippen LogP contribution in [-0.4, -0.2) is 27.9 Å². The summed E-state index contributed by atoms with van der Waals surface area (Å²) in [6.07, 6.45) is 8.85. The Bertz CT molecular complexity index is 463. The lowest BCUT2D eigenvalue weighted by atomic mass is 9.94. The second-order valence-electron chi connectivity index (χ2n) is 5.33. The van der Waals surface area contributed by atoms with Crippen molar-refractivity contribution in [2.24, 2.45) is 0 Å². The van der Waals surface area contributed by atoms with E-state index in [2.05, 4.69) is 25.8 Å². The normalized spacial score (nSPS) is 21.7. The van der Waals surface area contributed by atoms with E-state index in [9.17, 15) is 4.79 Å². The van der Waals surface area contributed by atoms with Crippen LogP contribution in [0.15, 0.2) is 22.8 Å². The van der Waals surface area contributed by atoms with Gasteiger partial charge in [0.2, 0.25) is 0 Å².